The van der Waals surface area contributed by atoms with E-state index in [1.165, 1.54) is 0 Å². The van der Waals surface area contributed by atoms with Gasteiger partial charge in [0.1, 0.15) is 0 Å². The van der Waals surface area contributed by atoms with E-state index in [2.05, 4.69) is 12.6 Å². The van der Waals surface area contributed by atoms with Gasteiger partial charge in [0.2, 0.25) is 0 Å². The van der Waals surface area contributed by atoms with Crippen molar-refractivity contribution in [2.75, 3.05) is 0 Å². The Balaban J connectivity index is 3.85. The average molecular weight is 149 g/mol. The van der Waals surface area contributed by atoms with Crippen LogP contribution in [0.2, 0.25) is 0 Å². The lowest BCUT2D eigenvalue weighted by molar-refractivity contribution is -0.139. The molecule has 0 saturated heterocycles. The summed E-state index contributed by atoms with van der Waals surface area (Å²) in [6, 6.07) is 0. The molecule has 1 atom stereocenters. The molecule has 0 aromatic carbocycles. The minimum atomic E-state index is -1.34. The molecule has 0 aliphatic heterocycles. The number of carboxylic acid groups (broad SMARTS) is 1. The molecular formula is C5H11NO2S. The van der Waals surface area contributed by atoms with Crippen LogP contribution in [0.4, 0.5) is 0 Å². The first-order valence-electron chi connectivity index (χ1n) is 2.75. The molecule has 54 valence electrons. The van der Waals surface area contributed by atoms with Gasteiger partial charge in [0.05, 0.1) is 0 Å². The lowest BCUT2D eigenvalue weighted by atomic mass is 10.2. The van der Waals surface area contributed by atoms with Crippen molar-refractivity contribution in [1.29, 1.82) is 0 Å². The van der Waals surface area contributed by atoms with Crippen molar-refractivity contribution in [1.82, 2.24) is 0 Å². The molecule has 0 amide bonds. The maximum atomic E-state index is 10.2. The van der Waals surface area contributed by atoms with Crippen LogP contribution in [0.1, 0.15) is 19.8 Å². The van der Waals surface area contributed by atoms with Crippen LogP contribution in [-0.2, 0) is 4.79 Å². The molecule has 0 radical (unpaired) electrons. The number of hydrogen-bond donors (Lipinski definition) is 3. The third-order valence-electron chi connectivity index (χ3n) is 1.00. The Labute approximate surface area is 59.6 Å². The van der Waals surface area contributed by atoms with Gasteiger partial charge in [-0.3, -0.25) is 0 Å². The predicted molar refractivity (Wildman–Crippen MR) is 38.4 cm³/mol. The fraction of sp³-hybridized carbons (Fsp3) is 0.800. The molecule has 0 rings (SSSR count). The summed E-state index contributed by atoms with van der Waals surface area (Å²) in [7, 11) is 0. The van der Waals surface area contributed by atoms with Gasteiger partial charge in [-0.2, -0.15) is 0 Å². The molecule has 0 spiro atoms. The predicted octanol–water partition coefficient (Wildman–Crippen LogP) is 0.456. The van der Waals surface area contributed by atoms with Crippen LogP contribution in [0.5, 0.6) is 0 Å². The molecule has 3 N–H and O–H groups in total. The molecule has 0 aromatic rings. The van der Waals surface area contributed by atoms with Crippen molar-refractivity contribution in [3.63, 3.8) is 0 Å². The zero-order chi connectivity index (χ0) is 7.49. The van der Waals surface area contributed by atoms with E-state index in [-0.39, 0.29) is 0 Å². The number of nitrogens with two attached hydrogens (primary N) is 1. The minimum absolute atomic E-state index is 0.394. The number of carboxylic acids is 1. The standard InChI is InChI=1S/C5H11NO2S/c1-2-3-5(6,9)4(7)8/h9H,2-3,6H2,1H3,(H,7,8). The molecule has 0 fully saturated rings. The second kappa shape index (κ2) is 3.08. The van der Waals surface area contributed by atoms with Crippen LogP contribution in [-0.4, -0.2) is 15.9 Å². The van der Waals surface area contributed by atoms with Crippen LogP contribution < -0.4 is 5.73 Å². The summed E-state index contributed by atoms with van der Waals surface area (Å²) in [4.78, 5) is 8.87. The molecule has 9 heavy (non-hydrogen) atoms. The maximum Gasteiger partial charge on any atom is 0.333 e. The SMILES string of the molecule is CCCC(N)(S)C(=O)O. The summed E-state index contributed by atoms with van der Waals surface area (Å²) < 4.78 is 0. The number of rotatable bonds is 3. The van der Waals surface area contributed by atoms with Crippen molar-refractivity contribution in [3.05, 3.63) is 0 Å². The number of thiol groups is 1. The Morgan fingerprint density at radius 1 is 1.89 bits per heavy atom. The normalized spacial score (nSPS) is 16.8. The van der Waals surface area contributed by atoms with E-state index in [1.807, 2.05) is 6.92 Å². The molecule has 3 nitrogen and oxygen atoms in total. The highest BCUT2D eigenvalue weighted by molar-refractivity contribution is 7.82. The van der Waals surface area contributed by atoms with Crippen molar-refractivity contribution in [3.8, 4) is 0 Å². The van der Waals surface area contributed by atoms with Crippen molar-refractivity contribution >= 4 is 18.6 Å². The highest BCUT2D eigenvalue weighted by Gasteiger charge is 2.27. The zero-order valence-corrected chi connectivity index (χ0v) is 6.19. The van der Waals surface area contributed by atoms with Crippen LogP contribution in [0.25, 0.3) is 0 Å². The highest BCUT2D eigenvalue weighted by atomic mass is 32.1. The van der Waals surface area contributed by atoms with E-state index in [0.29, 0.717) is 6.42 Å². The van der Waals surface area contributed by atoms with Gasteiger partial charge in [-0.25, -0.2) is 4.79 Å². The van der Waals surface area contributed by atoms with Gasteiger partial charge in [-0.15, -0.1) is 12.6 Å². The van der Waals surface area contributed by atoms with Gasteiger partial charge in [0, 0.05) is 0 Å². The molecule has 0 heterocycles. The first-order chi connectivity index (χ1) is 4.00. The number of carbonyl (C=O) groups is 1. The van der Waals surface area contributed by atoms with Crippen LogP contribution >= 0.6 is 12.6 Å². The van der Waals surface area contributed by atoms with E-state index in [1.54, 1.807) is 0 Å². The van der Waals surface area contributed by atoms with Gasteiger partial charge < -0.3 is 10.8 Å². The van der Waals surface area contributed by atoms with Crippen LogP contribution in [0.3, 0.4) is 0 Å². The molecule has 1 unspecified atom stereocenters. The fourth-order valence-corrected chi connectivity index (χ4v) is 0.712. The van der Waals surface area contributed by atoms with Gasteiger partial charge in [0.15, 0.2) is 4.87 Å². The Bertz CT molecular complexity index is 114. The topological polar surface area (TPSA) is 63.3 Å². The smallest absolute Gasteiger partial charge is 0.333 e. The Morgan fingerprint density at radius 2 is 2.33 bits per heavy atom. The van der Waals surface area contributed by atoms with Crippen molar-refractivity contribution < 1.29 is 9.90 Å². The van der Waals surface area contributed by atoms with E-state index in [0.717, 1.165) is 6.42 Å². The van der Waals surface area contributed by atoms with Gasteiger partial charge in [-0.05, 0) is 6.42 Å². The van der Waals surface area contributed by atoms with Gasteiger partial charge >= 0.3 is 5.97 Å². The summed E-state index contributed by atoms with van der Waals surface area (Å²) >= 11 is 3.74. The fourth-order valence-electron chi connectivity index (χ4n) is 0.488. The molecular weight excluding hydrogens is 138 g/mol. The Kier molecular flexibility index (Phi) is 3.00. The van der Waals surface area contributed by atoms with Crippen LogP contribution in [0.15, 0.2) is 0 Å². The summed E-state index contributed by atoms with van der Waals surface area (Å²) in [6.07, 6.45) is 1.12. The Hall–Kier alpha value is -0.220. The summed E-state index contributed by atoms with van der Waals surface area (Å²) in [6.45, 7) is 1.86. The molecule has 0 saturated carbocycles. The third-order valence-corrected chi connectivity index (χ3v) is 1.42. The Morgan fingerprint density at radius 3 is 2.44 bits per heavy atom. The maximum absolute atomic E-state index is 10.2. The minimum Gasteiger partial charge on any atom is -0.479 e. The second-order valence-corrected chi connectivity index (χ2v) is 2.78. The average Bonchev–Trinajstić information content (AvgIpc) is 1.65. The lowest BCUT2D eigenvalue weighted by Gasteiger charge is -2.15. The summed E-state index contributed by atoms with van der Waals surface area (Å²) in [5, 5.41) is 8.37. The largest absolute Gasteiger partial charge is 0.479 e. The third kappa shape index (κ3) is 2.72. The van der Waals surface area contributed by atoms with E-state index in [4.69, 9.17) is 10.8 Å². The lowest BCUT2D eigenvalue weighted by Crippen LogP contribution is -2.41. The number of aliphatic carboxylic acids is 1. The second-order valence-electron chi connectivity index (χ2n) is 1.98. The monoisotopic (exact) mass is 149 g/mol. The summed E-state index contributed by atoms with van der Waals surface area (Å²) in [5.74, 6) is -1.06. The molecule has 0 aliphatic rings. The van der Waals surface area contributed by atoms with Crippen LogP contribution in [0, 0.1) is 0 Å². The van der Waals surface area contributed by atoms with Gasteiger partial charge in [-0.1, -0.05) is 13.3 Å². The molecule has 0 aromatic heterocycles. The van der Waals surface area contributed by atoms with E-state index < -0.39 is 10.8 Å². The van der Waals surface area contributed by atoms with Crippen molar-refractivity contribution in [2.45, 2.75) is 24.6 Å². The highest BCUT2D eigenvalue weighted by Crippen LogP contribution is 2.13. The molecule has 0 aliphatic carbocycles. The van der Waals surface area contributed by atoms with Gasteiger partial charge in [0.25, 0.3) is 0 Å². The van der Waals surface area contributed by atoms with E-state index in [9.17, 15) is 4.79 Å². The molecule has 0 bridgehead atoms. The zero-order valence-electron chi connectivity index (χ0n) is 5.29. The summed E-state index contributed by atoms with van der Waals surface area (Å²) in [5.41, 5.74) is 5.23. The quantitative estimate of drug-likeness (QED) is 0.403. The molecule has 4 heteroatoms. The first kappa shape index (κ1) is 8.78. The van der Waals surface area contributed by atoms with Crippen molar-refractivity contribution in [2.24, 2.45) is 5.73 Å². The number of hydrogen-bond acceptors (Lipinski definition) is 3. The van der Waals surface area contributed by atoms with E-state index >= 15 is 0 Å². The first-order valence-corrected chi connectivity index (χ1v) is 3.20.